The van der Waals surface area contributed by atoms with E-state index >= 15 is 0 Å². The molecular weight excluding hydrogens is 240 g/mol. The van der Waals surface area contributed by atoms with Crippen LogP contribution in [0, 0.1) is 0 Å². The Labute approximate surface area is 114 Å². The largest absolute Gasteiger partial charge is 0.379 e. The molecule has 1 aliphatic heterocycles. The van der Waals surface area contributed by atoms with Crippen molar-refractivity contribution >= 4 is 5.91 Å². The average Bonchev–Trinajstić information content (AvgIpc) is 2.48. The third-order valence-electron chi connectivity index (χ3n) is 3.41. The first-order chi connectivity index (χ1) is 9.29. The van der Waals surface area contributed by atoms with Gasteiger partial charge in [0.05, 0.1) is 13.2 Å². The van der Waals surface area contributed by atoms with E-state index < -0.39 is 0 Å². The molecule has 0 aromatic heterocycles. The molecule has 0 bridgehead atoms. The van der Waals surface area contributed by atoms with E-state index in [1.54, 1.807) is 0 Å². The molecular formula is C15H22N2O2. The number of nitrogens with zero attached hydrogens (tertiary/aromatic N) is 1. The van der Waals surface area contributed by atoms with Crippen LogP contribution in [0.3, 0.4) is 0 Å². The van der Waals surface area contributed by atoms with Gasteiger partial charge < -0.3 is 10.1 Å². The molecule has 0 unspecified atom stereocenters. The summed E-state index contributed by atoms with van der Waals surface area (Å²) in [6.45, 7) is 7.19. The Morgan fingerprint density at radius 3 is 2.89 bits per heavy atom. The fourth-order valence-electron chi connectivity index (χ4n) is 2.19. The summed E-state index contributed by atoms with van der Waals surface area (Å²) >= 11 is 0. The highest BCUT2D eigenvalue weighted by atomic mass is 16.5. The number of hydrogen-bond donors (Lipinski definition) is 1. The van der Waals surface area contributed by atoms with Crippen LogP contribution in [0.1, 0.15) is 22.8 Å². The fourth-order valence-corrected chi connectivity index (χ4v) is 2.19. The molecule has 1 heterocycles. The number of carbonyl (C=O) groups is 1. The number of ether oxygens (including phenoxy) is 1. The number of carbonyl (C=O) groups excluding carboxylic acids is 1. The van der Waals surface area contributed by atoms with Gasteiger partial charge in [-0.15, -0.1) is 0 Å². The van der Waals surface area contributed by atoms with Crippen molar-refractivity contribution in [1.82, 2.24) is 10.2 Å². The first-order valence-electron chi connectivity index (χ1n) is 6.97. The van der Waals surface area contributed by atoms with Crippen molar-refractivity contribution in [3.8, 4) is 0 Å². The molecule has 1 fully saturated rings. The van der Waals surface area contributed by atoms with E-state index in [9.17, 15) is 4.79 Å². The van der Waals surface area contributed by atoms with Gasteiger partial charge >= 0.3 is 0 Å². The van der Waals surface area contributed by atoms with Crippen molar-refractivity contribution < 1.29 is 9.53 Å². The van der Waals surface area contributed by atoms with Crippen molar-refractivity contribution in [3.63, 3.8) is 0 Å². The lowest BCUT2D eigenvalue weighted by atomic mass is 10.1. The topological polar surface area (TPSA) is 41.6 Å². The molecule has 0 radical (unpaired) electrons. The van der Waals surface area contributed by atoms with Gasteiger partial charge in [0.25, 0.3) is 5.91 Å². The number of nitrogens with one attached hydrogen (secondary N) is 1. The minimum Gasteiger partial charge on any atom is -0.379 e. The Hall–Kier alpha value is -1.39. The van der Waals surface area contributed by atoms with Gasteiger partial charge in [-0.1, -0.05) is 19.1 Å². The monoisotopic (exact) mass is 262 g/mol. The Bertz CT molecular complexity index is 414. The third-order valence-corrected chi connectivity index (χ3v) is 3.41. The van der Waals surface area contributed by atoms with E-state index in [4.69, 9.17) is 4.74 Å². The highest BCUT2D eigenvalue weighted by Crippen LogP contribution is 2.05. The van der Waals surface area contributed by atoms with Crippen molar-refractivity contribution in [2.45, 2.75) is 13.3 Å². The Balaban J connectivity index is 1.77. The van der Waals surface area contributed by atoms with E-state index in [1.165, 1.54) is 5.56 Å². The van der Waals surface area contributed by atoms with E-state index in [-0.39, 0.29) is 5.91 Å². The van der Waals surface area contributed by atoms with Gasteiger partial charge in [0.1, 0.15) is 0 Å². The molecule has 2 rings (SSSR count). The number of aryl methyl sites for hydroxylation is 1. The van der Waals surface area contributed by atoms with E-state index in [2.05, 4.69) is 17.1 Å². The molecule has 19 heavy (non-hydrogen) atoms. The van der Waals surface area contributed by atoms with Crippen molar-refractivity contribution in [1.29, 1.82) is 0 Å². The van der Waals surface area contributed by atoms with Crippen molar-refractivity contribution in [2.24, 2.45) is 0 Å². The van der Waals surface area contributed by atoms with Gasteiger partial charge in [-0.3, -0.25) is 9.69 Å². The number of morpholine rings is 1. The fraction of sp³-hybridized carbons (Fsp3) is 0.533. The highest BCUT2D eigenvalue weighted by molar-refractivity contribution is 5.94. The molecule has 0 aliphatic carbocycles. The molecule has 1 aliphatic rings. The lowest BCUT2D eigenvalue weighted by Gasteiger charge is -2.26. The van der Waals surface area contributed by atoms with Crippen LogP contribution in [0.25, 0.3) is 0 Å². The standard InChI is InChI=1S/C15H22N2O2/c1-2-13-4-3-5-14(12-13)15(18)16-6-7-17-8-10-19-11-9-17/h3-5,12H,2,6-11H2,1H3,(H,16,18). The maximum atomic E-state index is 12.0. The summed E-state index contributed by atoms with van der Waals surface area (Å²) in [5, 5.41) is 2.98. The normalized spacial score (nSPS) is 16.3. The van der Waals surface area contributed by atoms with Gasteiger partial charge in [-0.25, -0.2) is 0 Å². The van der Waals surface area contributed by atoms with E-state index in [0.717, 1.165) is 44.8 Å². The second-order valence-electron chi connectivity index (χ2n) is 4.76. The summed E-state index contributed by atoms with van der Waals surface area (Å²) < 4.78 is 5.29. The summed E-state index contributed by atoms with van der Waals surface area (Å²) in [5.41, 5.74) is 1.95. The molecule has 1 amide bonds. The van der Waals surface area contributed by atoms with Crippen LogP contribution in [0.5, 0.6) is 0 Å². The first kappa shape index (κ1) is 14.0. The molecule has 0 atom stereocenters. The van der Waals surface area contributed by atoms with Gasteiger partial charge in [-0.2, -0.15) is 0 Å². The Morgan fingerprint density at radius 2 is 2.16 bits per heavy atom. The minimum absolute atomic E-state index is 0.0172. The van der Waals surface area contributed by atoms with Crippen LogP contribution in [-0.4, -0.2) is 50.2 Å². The van der Waals surface area contributed by atoms with Gasteiger partial charge in [-0.05, 0) is 24.1 Å². The summed E-state index contributed by atoms with van der Waals surface area (Å²) in [7, 11) is 0. The van der Waals surface area contributed by atoms with E-state index in [1.807, 2.05) is 24.3 Å². The quantitative estimate of drug-likeness (QED) is 0.870. The maximum Gasteiger partial charge on any atom is 0.251 e. The maximum absolute atomic E-state index is 12.0. The van der Waals surface area contributed by atoms with Gasteiger partial charge in [0, 0.05) is 31.7 Å². The molecule has 0 saturated carbocycles. The molecule has 4 heteroatoms. The van der Waals surface area contributed by atoms with E-state index in [0.29, 0.717) is 6.54 Å². The predicted molar refractivity (Wildman–Crippen MR) is 75.4 cm³/mol. The third kappa shape index (κ3) is 4.33. The summed E-state index contributed by atoms with van der Waals surface area (Å²) in [4.78, 5) is 14.3. The minimum atomic E-state index is 0.0172. The second-order valence-corrected chi connectivity index (χ2v) is 4.76. The molecule has 0 spiro atoms. The molecule has 1 aromatic carbocycles. The lowest BCUT2D eigenvalue weighted by Crippen LogP contribution is -2.41. The van der Waals surface area contributed by atoms with Crippen LogP contribution in [0.4, 0.5) is 0 Å². The van der Waals surface area contributed by atoms with Crippen LogP contribution in [-0.2, 0) is 11.2 Å². The molecule has 1 aromatic rings. The number of hydrogen-bond acceptors (Lipinski definition) is 3. The van der Waals surface area contributed by atoms with Crippen LogP contribution in [0.2, 0.25) is 0 Å². The predicted octanol–water partition coefficient (Wildman–Crippen LogP) is 1.31. The first-order valence-corrected chi connectivity index (χ1v) is 6.97. The zero-order valence-electron chi connectivity index (χ0n) is 11.5. The number of amides is 1. The van der Waals surface area contributed by atoms with Gasteiger partial charge in [0.2, 0.25) is 0 Å². The zero-order valence-corrected chi connectivity index (χ0v) is 11.5. The molecule has 1 N–H and O–H groups in total. The summed E-state index contributed by atoms with van der Waals surface area (Å²) in [6.07, 6.45) is 0.953. The smallest absolute Gasteiger partial charge is 0.251 e. The lowest BCUT2D eigenvalue weighted by molar-refractivity contribution is 0.0383. The van der Waals surface area contributed by atoms with Gasteiger partial charge in [0.15, 0.2) is 0 Å². The summed E-state index contributed by atoms with van der Waals surface area (Å²) in [5.74, 6) is 0.0172. The average molecular weight is 262 g/mol. The van der Waals surface area contributed by atoms with Crippen LogP contribution >= 0.6 is 0 Å². The number of rotatable bonds is 5. The van der Waals surface area contributed by atoms with Crippen molar-refractivity contribution in [2.75, 3.05) is 39.4 Å². The van der Waals surface area contributed by atoms with Crippen LogP contribution < -0.4 is 5.32 Å². The second kappa shape index (κ2) is 7.26. The van der Waals surface area contributed by atoms with Crippen LogP contribution in [0.15, 0.2) is 24.3 Å². The molecule has 1 saturated heterocycles. The number of benzene rings is 1. The van der Waals surface area contributed by atoms with Crippen molar-refractivity contribution in [3.05, 3.63) is 35.4 Å². The Morgan fingerprint density at radius 1 is 1.37 bits per heavy atom. The molecule has 4 nitrogen and oxygen atoms in total. The zero-order chi connectivity index (χ0) is 13.5. The molecule has 104 valence electrons. The SMILES string of the molecule is CCc1cccc(C(=O)NCCN2CCOCC2)c1. The highest BCUT2D eigenvalue weighted by Gasteiger charge is 2.10. The Kier molecular flexibility index (Phi) is 5.36. The summed E-state index contributed by atoms with van der Waals surface area (Å²) in [6, 6.07) is 7.81.